The molecular formula is C13H15NO3S. The molecule has 0 saturated carbocycles. The number of thioether (sulfide) groups is 1. The fraction of sp³-hybridized carbons (Fsp3) is 0.308. The zero-order chi connectivity index (χ0) is 13.0. The van der Waals surface area contributed by atoms with Gasteiger partial charge in [-0.05, 0) is 12.1 Å². The van der Waals surface area contributed by atoms with Crippen LogP contribution in [0.4, 0.5) is 0 Å². The number of methoxy groups -OCH3 is 1. The molecule has 0 saturated heterocycles. The Morgan fingerprint density at radius 1 is 1.50 bits per heavy atom. The van der Waals surface area contributed by atoms with Crippen LogP contribution in [0.3, 0.4) is 0 Å². The predicted octanol–water partition coefficient (Wildman–Crippen LogP) is 2.34. The highest BCUT2D eigenvalue weighted by Crippen LogP contribution is 2.24. The van der Waals surface area contributed by atoms with Crippen LogP contribution in [0.5, 0.6) is 0 Å². The van der Waals surface area contributed by atoms with Gasteiger partial charge in [-0.2, -0.15) is 0 Å². The van der Waals surface area contributed by atoms with Crippen LogP contribution in [0, 0.1) is 0 Å². The number of hydrogen-bond acceptors (Lipinski definition) is 5. The molecule has 2 N–H and O–H groups in total. The summed E-state index contributed by atoms with van der Waals surface area (Å²) in [6, 6.07) is 9.50. The largest absolute Gasteiger partial charge is 0.468 e. The molecule has 1 aromatic carbocycles. The Bertz CT molecular complexity index is 505. The van der Waals surface area contributed by atoms with Gasteiger partial charge in [-0.25, -0.2) is 0 Å². The molecule has 0 aliphatic carbocycles. The quantitative estimate of drug-likeness (QED) is 0.841. The lowest BCUT2D eigenvalue weighted by Crippen LogP contribution is -2.14. The van der Waals surface area contributed by atoms with Gasteiger partial charge in [0, 0.05) is 11.1 Å². The first-order valence-corrected chi connectivity index (χ1v) is 6.75. The Kier molecular flexibility index (Phi) is 4.28. The lowest BCUT2D eigenvalue weighted by atomic mass is 10.2. The van der Waals surface area contributed by atoms with E-state index >= 15 is 0 Å². The SMILES string of the molecule is COC(=O)CSCC(N)c1cc2ccccc2o1. The Hall–Kier alpha value is -1.46. The van der Waals surface area contributed by atoms with Gasteiger partial charge in [-0.15, -0.1) is 11.8 Å². The summed E-state index contributed by atoms with van der Waals surface area (Å²) in [6.07, 6.45) is 0. The molecule has 0 spiro atoms. The smallest absolute Gasteiger partial charge is 0.315 e. The average molecular weight is 265 g/mol. The number of hydrogen-bond donors (Lipinski definition) is 1. The summed E-state index contributed by atoms with van der Waals surface area (Å²) < 4.78 is 10.2. The molecule has 0 aliphatic heterocycles. The van der Waals surface area contributed by atoms with Crippen molar-refractivity contribution in [1.82, 2.24) is 0 Å². The highest BCUT2D eigenvalue weighted by Gasteiger charge is 2.12. The molecule has 5 heteroatoms. The van der Waals surface area contributed by atoms with Crippen molar-refractivity contribution >= 4 is 28.7 Å². The summed E-state index contributed by atoms with van der Waals surface area (Å²) in [5.41, 5.74) is 6.85. The van der Waals surface area contributed by atoms with Gasteiger partial charge in [0.2, 0.25) is 0 Å². The zero-order valence-electron chi connectivity index (χ0n) is 10.1. The van der Waals surface area contributed by atoms with Crippen molar-refractivity contribution < 1.29 is 13.9 Å². The maximum absolute atomic E-state index is 11.0. The summed E-state index contributed by atoms with van der Waals surface area (Å²) in [5, 5.41) is 1.04. The molecule has 0 radical (unpaired) electrons. The summed E-state index contributed by atoms with van der Waals surface area (Å²) in [5.74, 6) is 1.43. The van der Waals surface area contributed by atoms with Crippen LogP contribution in [0.1, 0.15) is 11.8 Å². The van der Waals surface area contributed by atoms with Crippen molar-refractivity contribution in [2.24, 2.45) is 5.73 Å². The molecule has 0 fully saturated rings. The number of carbonyl (C=O) groups is 1. The fourth-order valence-electron chi connectivity index (χ4n) is 1.60. The molecule has 0 amide bonds. The zero-order valence-corrected chi connectivity index (χ0v) is 10.9. The number of esters is 1. The van der Waals surface area contributed by atoms with Crippen molar-refractivity contribution in [3.05, 3.63) is 36.1 Å². The highest BCUT2D eigenvalue weighted by molar-refractivity contribution is 7.99. The van der Waals surface area contributed by atoms with E-state index in [9.17, 15) is 4.79 Å². The van der Waals surface area contributed by atoms with Crippen LogP contribution in [0.2, 0.25) is 0 Å². The van der Waals surface area contributed by atoms with Crippen molar-refractivity contribution in [1.29, 1.82) is 0 Å². The number of ether oxygens (including phenoxy) is 1. The second-order valence-electron chi connectivity index (χ2n) is 3.88. The highest BCUT2D eigenvalue weighted by atomic mass is 32.2. The molecule has 96 valence electrons. The van der Waals surface area contributed by atoms with E-state index in [-0.39, 0.29) is 12.0 Å². The average Bonchev–Trinajstić information content (AvgIpc) is 2.82. The van der Waals surface area contributed by atoms with E-state index in [2.05, 4.69) is 4.74 Å². The first-order chi connectivity index (χ1) is 8.70. The monoisotopic (exact) mass is 265 g/mol. The van der Waals surface area contributed by atoms with Gasteiger partial charge in [-0.1, -0.05) is 18.2 Å². The number of rotatable bonds is 5. The Morgan fingerprint density at radius 2 is 2.28 bits per heavy atom. The van der Waals surface area contributed by atoms with Crippen LogP contribution >= 0.6 is 11.8 Å². The molecule has 0 aliphatic rings. The molecular weight excluding hydrogens is 250 g/mol. The molecule has 1 unspecified atom stereocenters. The minimum absolute atomic E-state index is 0.216. The van der Waals surface area contributed by atoms with E-state index in [4.69, 9.17) is 10.2 Å². The molecule has 1 aromatic heterocycles. The van der Waals surface area contributed by atoms with Gasteiger partial charge in [0.05, 0.1) is 18.9 Å². The van der Waals surface area contributed by atoms with Gasteiger partial charge >= 0.3 is 5.97 Å². The summed E-state index contributed by atoms with van der Waals surface area (Å²) in [4.78, 5) is 11.0. The van der Waals surface area contributed by atoms with Gasteiger partial charge < -0.3 is 14.9 Å². The van der Waals surface area contributed by atoms with Crippen LogP contribution in [0.15, 0.2) is 34.7 Å². The number of benzene rings is 1. The van der Waals surface area contributed by atoms with Crippen LogP contribution in [-0.2, 0) is 9.53 Å². The van der Waals surface area contributed by atoms with E-state index in [1.807, 2.05) is 30.3 Å². The topological polar surface area (TPSA) is 65.5 Å². The number of para-hydroxylation sites is 1. The first-order valence-electron chi connectivity index (χ1n) is 5.59. The summed E-state index contributed by atoms with van der Waals surface area (Å²) in [6.45, 7) is 0. The molecule has 4 nitrogen and oxygen atoms in total. The normalized spacial score (nSPS) is 12.6. The molecule has 1 heterocycles. The fourth-order valence-corrected chi connectivity index (χ4v) is 2.42. The maximum Gasteiger partial charge on any atom is 0.315 e. The van der Waals surface area contributed by atoms with Crippen LogP contribution in [0.25, 0.3) is 11.0 Å². The minimum atomic E-state index is -0.239. The van der Waals surface area contributed by atoms with E-state index in [1.54, 1.807) is 0 Å². The van der Waals surface area contributed by atoms with Gasteiger partial charge in [0.25, 0.3) is 0 Å². The van der Waals surface area contributed by atoms with E-state index in [0.717, 1.165) is 16.7 Å². The molecule has 0 bridgehead atoms. The Morgan fingerprint density at radius 3 is 3.00 bits per heavy atom. The van der Waals surface area contributed by atoms with Gasteiger partial charge in [0.15, 0.2) is 0 Å². The third-order valence-corrected chi connectivity index (χ3v) is 3.59. The second kappa shape index (κ2) is 5.93. The summed E-state index contributed by atoms with van der Waals surface area (Å²) >= 11 is 1.44. The molecule has 2 rings (SSSR count). The molecule has 2 aromatic rings. The lowest BCUT2D eigenvalue weighted by Gasteiger charge is -2.07. The van der Waals surface area contributed by atoms with E-state index in [1.165, 1.54) is 18.9 Å². The number of carbonyl (C=O) groups excluding carboxylic acids is 1. The standard InChI is InChI=1S/C13H15NO3S/c1-16-13(15)8-18-7-10(14)12-6-9-4-2-3-5-11(9)17-12/h2-6,10H,7-8,14H2,1H3. The van der Waals surface area contributed by atoms with Crippen molar-refractivity contribution in [2.45, 2.75) is 6.04 Å². The molecule has 1 atom stereocenters. The maximum atomic E-state index is 11.0. The number of furan rings is 1. The predicted molar refractivity (Wildman–Crippen MR) is 72.5 cm³/mol. The minimum Gasteiger partial charge on any atom is -0.468 e. The first kappa shape index (κ1) is 13.0. The van der Waals surface area contributed by atoms with Gasteiger partial charge in [-0.3, -0.25) is 4.79 Å². The van der Waals surface area contributed by atoms with E-state index in [0.29, 0.717) is 11.5 Å². The lowest BCUT2D eigenvalue weighted by molar-refractivity contribution is -0.137. The van der Waals surface area contributed by atoms with Crippen molar-refractivity contribution in [3.8, 4) is 0 Å². The third kappa shape index (κ3) is 3.05. The number of nitrogens with two attached hydrogens (primary N) is 1. The second-order valence-corrected chi connectivity index (χ2v) is 4.91. The van der Waals surface area contributed by atoms with Gasteiger partial charge in [0.1, 0.15) is 11.3 Å². The molecule has 18 heavy (non-hydrogen) atoms. The number of fused-ring (bicyclic) bond motifs is 1. The van der Waals surface area contributed by atoms with Crippen molar-refractivity contribution in [2.75, 3.05) is 18.6 Å². The third-order valence-electron chi connectivity index (χ3n) is 2.56. The Labute approximate surface area is 109 Å². The van der Waals surface area contributed by atoms with Crippen molar-refractivity contribution in [3.63, 3.8) is 0 Å². The van der Waals surface area contributed by atoms with Crippen LogP contribution < -0.4 is 5.73 Å². The summed E-state index contributed by atoms with van der Waals surface area (Å²) in [7, 11) is 1.38. The Balaban J connectivity index is 1.96. The van der Waals surface area contributed by atoms with E-state index < -0.39 is 0 Å². The van der Waals surface area contributed by atoms with Crippen LogP contribution in [-0.4, -0.2) is 24.6 Å².